The summed E-state index contributed by atoms with van der Waals surface area (Å²) in [4.78, 5) is 0. The van der Waals surface area contributed by atoms with Crippen LogP contribution in [-0.4, -0.2) is 12.9 Å². The van der Waals surface area contributed by atoms with Crippen LogP contribution in [0.4, 0.5) is 0 Å². The van der Waals surface area contributed by atoms with Crippen LogP contribution in [0.1, 0.15) is 106 Å². The Morgan fingerprint density at radius 3 is 2.23 bits per heavy atom. The minimum Gasteiger partial charge on any atom is -0.465 e. The van der Waals surface area contributed by atoms with Crippen LogP contribution in [0.5, 0.6) is 5.75 Å². The molecule has 4 atom stereocenters. The lowest BCUT2D eigenvalue weighted by Gasteiger charge is -2.39. The first-order valence-electron chi connectivity index (χ1n) is 12.6. The molecule has 2 rings (SSSR count). The predicted molar refractivity (Wildman–Crippen MR) is 134 cm³/mol. The van der Waals surface area contributed by atoms with Gasteiger partial charge in [0.15, 0.2) is 6.29 Å². The summed E-state index contributed by atoms with van der Waals surface area (Å²) in [5, 5.41) is 0. The van der Waals surface area contributed by atoms with E-state index >= 15 is 0 Å². The Hall–Kier alpha value is -1.28. The third-order valence-corrected chi connectivity index (χ3v) is 7.04. The summed E-state index contributed by atoms with van der Waals surface area (Å²) in [6.45, 7) is 21.4. The normalized spacial score (nSPS) is 24.1. The molecule has 1 aliphatic rings. The maximum atomic E-state index is 6.26. The third-order valence-electron chi connectivity index (χ3n) is 7.04. The zero-order chi connectivity index (χ0) is 23.2. The van der Waals surface area contributed by atoms with Gasteiger partial charge in [0.25, 0.3) is 0 Å². The van der Waals surface area contributed by atoms with Crippen molar-refractivity contribution in [2.75, 3.05) is 6.61 Å². The van der Waals surface area contributed by atoms with Crippen molar-refractivity contribution in [3.8, 4) is 5.75 Å². The van der Waals surface area contributed by atoms with E-state index in [9.17, 15) is 0 Å². The van der Waals surface area contributed by atoms with Gasteiger partial charge in [0, 0.05) is 0 Å². The summed E-state index contributed by atoms with van der Waals surface area (Å²) < 4.78 is 12.4. The van der Waals surface area contributed by atoms with E-state index in [0.717, 1.165) is 31.6 Å². The molecule has 0 heterocycles. The lowest BCUT2D eigenvalue weighted by Crippen LogP contribution is -2.34. The van der Waals surface area contributed by atoms with Crippen molar-refractivity contribution in [1.82, 2.24) is 0 Å². The van der Waals surface area contributed by atoms with E-state index in [1.54, 1.807) is 5.57 Å². The molecule has 0 fully saturated rings. The Morgan fingerprint density at radius 2 is 1.71 bits per heavy atom. The van der Waals surface area contributed by atoms with Crippen LogP contribution in [0.15, 0.2) is 35.9 Å². The van der Waals surface area contributed by atoms with Gasteiger partial charge in [-0.25, -0.2) is 0 Å². The van der Waals surface area contributed by atoms with Crippen LogP contribution in [-0.2, 0) is 4.74 Å². The zero-order valence-corrected chi connectivity index (χ0v) is 21.8. The molecule has 0 bridgehead atoms. The van der Waals surface area contributed by atoms with E-state index in [-0.39, 0.29) is 17.1 Å². The SMILES string of the molecule is CCC1=CC(C)CC(CC)(COC(C)Oc2ccc(C(CC(C)C)C(C)(C)C)cc2)C1. The number of hydrogen-bond donors (Lipinski definition) is 0. The molecular formula is C29H48O2. The molecule has 1 aromatic carbocycles. The summed E-state index contributed by atoms with van der Waals surface area (Å²) in [5.41, 5.74) is 3.49. The summed E-state index contributed by atoms with van der Waals surface area (Å²) in [5.74, 6) is 2.77. The fourth-order valence-electron chi connectivity index (χ4n) is 5.24. The van der Waals surface area contributed by atoms with Crippen LogP contribution in [0.2, 0.25) is 0 Å². The first-order valence-corrected chi connectivity index (χ1v) is 12.6. The van der Waals surface area contributed by atoms with E-state index in [1.807, 2.05) is 6.92 Å². The number of allylic oxidation sites excluding steroid dienone is 2. The van der Waals surface area contributed by atoms with E-state index in [1.165, 1.54) is 18.4 Å². The molecule has 31 heavy (non-hydrogen) atoms. The van der Waals surface area contributed by atoms with Gasteiger partial charge >= 0.3 is 0 Å². The van der Waals surface area contributed by atoms with Crippen molar-refractivity contribution in [3.63, 3.8) is 0 Å². The summed E-state index contributed by atoms with van der Waals surface area (Å²) >= 11 is 0. The molecule has 2 nitrogen and oxygen atoms in total. The molecule has 1 aliphatic carbocycles. The molecule has 0 amide bonds. The number of hydrogen-bond acceptors (Lipinski definition) is 2. The van der Waals surface area contributed by atoms with Crippen LogP contribution in [0, 0.1) is 22.7 Å². The second-order valence-corrected chi connectivity index (χ2v) is 11.5. The molecule has 0 radical (unpaired) electrons. The molecular weight excluding hydrogens is 380 g/mol. The van der Waals surface area contributed by atoms with Crippen molar-refractivity contribution in [3.05, 3.63) is 41.5 Å². The molecule has 176 valence electrons. The van der Waals surface area contributed by atoms with Gasteiger partial charge < -0.3 is 9.47 Å². The van der Waals surface area contributed by atoms with E-state index in [4.69, 9.17) is 9.47 Å². The molecule has 0 saturated heterocycles. The average Bonchev–Trinajstić information content (AvgIpc) is 2.70. The van der Waals surface area contributed by atoms with Crippen molar-refractivity contribution >= 4 is 0 Å². The van der Waals surface area contributed by atoms with E-state index < -0.39 is 0 Å². The maximum Gasteiger partial charge on any atom is 0.196 e. The quantitative estimate of drug-likeness (QED) is 0.274. The minimum atomic E-state index is -0.241. The molecule has 0 aromatic heterocycles. The first-order chi connectivity index (χ1) is 14.5. The van der Waals surface area contributed by atoms with E-state index in [0.29, 0.717) is 17.8 Å². The molecule has 0 N–H and O–H groups in total. The number of rotatable bonds is 10. The Kier molecular flexibility index (Phi) is 9.25. The molecule has 4 unspecified atom stereocenters. The van der Waals surface area contributed by atoms with Crippen molar-refractivity contribution in [1.29, 1.82) is 0 Å². The number of ether oxygens (including phenoxy) is 2. The monoisotopic (exact) mass is 428 g/mol. The summed E-state index contributed by atoms with van der Waals surface area (Å²) in [6.07, 6.45) is 8.11. The highest BCUT2D eigenvalue weighted by atomic mass is 16.7. The van der Waals surface area contributed by atoms with Gasteiger partial charge in [-0.15, -0.1) is 0 Å². The maximum absolute atomic E-state index is 6.26. The fraction of sp³-hybridized carbons (Fsp3) is 0.724. The average molecular weight is 429 g/mol. The van der Waals surface area contributed by atoms with Gasteiger partial charge in [0.05, 0.1) is 6.61 Å². The molecule has 0 aliphatic heterocycles. The van der Waals surface area contributed by atoms with Crippen molar-refractivity contribution in [2.45, 2.75) is 107 Å². The van der Waals surface area contributed by atoms with Gasteiger partial charge in [-0.2, -0.15) is 0 Å². The molecule has 2 heteroatoms. The highest BCUT2D eigenvalue weighted by Gasteiger charge is 2.34. The Bertz CT molecular complexity index is 694. The highest BCUT2D eigenvalue weighted by Crippen LogP contribution is 2.43. The smallest absolute Gasteiger partial charge is 0.196 e. The lowest BCUT2D eigenvalue weighted by molar-refractivity contribution is -0.103. The van der Waals surface area contributed by atoms with Gasteiger partial charge in [-0.1, -0.05) is 79.2 Å². The second kappa shape index (κ2) is 11.0. The van der Waals surface area contributed by atoms with Crippen LogP contribution in [0.25, 0.3) is 0 Å². The van der Waals surface area contributed by atoms with Crippen molar-refractivity contribution < 1.29 is 9.47 Å². The standard InChI is InChI=1S/C29H48O2/c1-10-24-17-22(5)18-29(11-2,19-24)20-30-23(6)31-26-14-12-25(13-15-26)27(16-21(3)4)28(7,8)9/h12-15,17,21-23,27H,10-11,16,18-20H2,1-9H3. The molecule has 0 saturated carbocycles. The second-order valence-electron chi connectivity index (χ2n) is 11.5. The van der Waals surface area contributed by atoms with Gasteiger partial charge in [-0.3, -0.25) is 0 Å². The van der Waals surface area contributed by atoms with Crippen LogP contribution >= 0.6 is 0 Å². The largest absolute Gasteiger partial charge is 0.465 e. The highest BCUT2D eigenvalue weighted by molar-refractivity contribution is 5.30. The van der Waals surface area contributed by atoms with Crippen LogP contribution < -0.4 is 4.74 Å². The Labute approximate surface area is 192 Å². The Balaban J connectivity index is 1.98. The van der Waals surface area contributed by atoms with Crippen molar-refractivity contribution in [2.24, 2.45) is 22.7 Å². The zero-order valence-electron chi connectivity index (χ0n) is 21.8. The fourth-order valence-corrected chi connectivity index (χ4v) is 5.24. The summed E-state index contributed by atoms with van der Waals surface area (Å²) in [6, 6.07) is 8.72. The third kappa shape index (κ3) is 7.67. The summed E-state index contributed by atoms with van der Waals surface area (Å²) in [7, 11) is 0. The number of benzene rings is 1. The Morgan fingerprint density at radius 1 is 1.06 bits per heavy atom. The van der Waals surface area contributed by atoms with Gasteiger partial charge in [0.2, 0.25) is 0 Å². The van der Waals surface area contributed by atoms with Gasteiger partial charge in [0.1, 0.15) is 5.75 Å². The molecule has 1 aromatic rings. The first kappa shape index (κ1) is 26.0. The minimum absolute atomic E-state index is 0.241. The lowest BCUT2D eigenvalue weighted by atomic mass is 9.69. The topological polar surface area (TPSA) is 18.5 Å². The van der Waals surface area contributed by atoms with Gasteiger partial charge in [-0.05, 0) is 85.3 Å². The van der Waals surface area contributed by atoms with Crippen LogP contribution in [0.3, 0.4) is 0 Å². The predicted octanol–water partition coefficient (Wildman–Crippen LogP) is 8.77. The molecule has 0 spiro atoms. The van der Waals surface area contributed by atoms with E-state index in [2.05, 4.69) is 85.7 Å².